The summed E-state index contributed by atoms with van der Waals surface area (Å²) in [4.78, 5) is 2.10. The van der Waals surface area contributed by atoms with Crippen LogP contribution >= 0.6 is 0 Å². The number of hydrogen-bond donors (Lipinski definition) is 1. The zero-order valence-electron chi connectivity index (χ0n) is 11.9. The topological polar surface area (TPSA) is 23.5 Å². The van der Waals surface area contributed by atoms with E-state index in [2.05, 4.69) is 4.90 Å². The summed E-state index contributed by atoms with van der Waals surface area (Å²) in [6, 6.07) is 3.18. The Hall–Kier alpha value is -1.14. The molecule has 1 aromatic carbocycles. The number of aliphatic hydroxyl groups is 1. The highest BCUT2D eigenvalue weighted by Gasteiger charge is 2.44. The third kappa shape index (κ3) is 3.37. The third-order valence-electron chi connectivity index (χ3n) is 4.02. The van der Waals surface area contributed by atoms with Gasteiger partial charge in [0.1, 0.15) is 5.82 Å². The largest absolute Gasteiger partial charge is 0.419 e. The van der Waals surface area contributed by atoms with Crippen LogP contribution < -0.4 is 0 Å². The van der Waals surface area contributed by atoms with Gasteiger partial charge in [-0.2, -0.15) is 13.2 Å². The number of rotatable bonds is 3. The zero-order chi connectivity index (χ0) is 15.7. The smallest absolute Gasteiger partial charge is 0.385 e. The molecule has 1 fully saturated rings. The van der Waals surface area contributed by atoms with E-state index in [0.29, 0.717) is 13.1 Å². The summed E-state index contributed by atoms with van der Waals surface area (Å²) in [6.07, 6.45) is -3.50. The van der Waals surface area contributed by atoms with Gasteiger partial charge in [0.2, 0.25) is 0 Å². The lowest BCUT2D eigenvalue weighted by atomic mass is 9.81. The van der Waals surface area contributed by atoms with E-state index in [1.54, 1.807) is 0 Å². The maximum atomic E-state index is 13.6. The van der Waals surface area contributed by atoms with Crippen molar-refractivity contribution in [1.82, 2.24) is 4.90 Å². The molecular weight excluding hydrogens is 286 g/mol. The summed E-state index contributed by atoms with van der Waals surface area (Å²) in [5.41, 5.74) is -3.29. The van der Waals surface area contributed by atoms with Gasteiger partial charge in [-0.05, 0) is 37.4 Å². The number of halogens is 4. The fourth-order valence-corrected chi connectivity index (χ4v) is 2.93. The Balaban J connectivity index is 2.32. The summed E-state index contributed by atoms with van der Waals surface area (Å²) >= 11 is 0. The van der Waals surface area contributed by atoms with E-state index in [4.69, 9.17) is 0 Å². The standard InChI is InChI=1S/C15H19F4NO/c1-2-8-20-9-6-14(21,7-10-20)11-4-3-5-12(16)13(11)15(17,18)19/h3-5,21H,2,6-10H2,1H3. The Morgan fingerprint density at radius 2 is 1.86 bits per heavy atom. The molecule has 0 amide bonds. The maximum absolute atomic E-state index is 13.6. The van der Waals surface area contributed by atoms with Crippen LogP contribution in [0.3, 0.4) is 0 Å². The van der Waals surface area contributed by atoms with E-state index in [1.807, 2.05) is 6.92 Å². The van der Waals surface area contributed by atoms with Gasteiger partial charge in [-0.3, -0.25) is 0 Å². The highest BCUT2D eigenvalue weighted by Crippen LogP contribution is 2.42. The van der Waals surface area contributed by atoms with Crippen molar-refractivity contribution in [3.63, 3.8) is 0 Å². The molecule has 1 heterocycles. The van der Waals surface area contributed by atoms with Gasteiger partial charge in [0.15, 0.2) is 0 Å². The van der Waals surface area contributed by atoms with Crippen LogP contribution in [0, 0.1) is 5.82 Å². The van der Waals surface area contributed by atoms with Gasteiger partial charge in [0, 0.05) is 13.1 Å². The molecule has 2 rings (SSSR count). The normalized spacial score (nSPS) is 19.7. The van der Waals surface area contributed by atoms with Crippen LogP contribution in [0.2, 0.25) is 0 Å². The molecule has 0 aromatic heterocycles. The molecule has 0 spiro atoms. The summed E-state index contributed by atoms with van der Waals surface area (Å²) < 4.78 is 52.8. The van der Waals surface area contributed by atoms with Crippen LogP contribution in [0.4, 0.5) is 17.6 Å². The summed E-state index contributed by atoms with van der Waals surface area (Å²) in [7, 11) is 0. The van der Waals surface area contributed by atoms with Crippen molar-refractivity contribution in [3.05, 3.63) is 35.1 Å². The first kappa shape index (κ1) is 16.2. The zero-order valence-corrected chi connectivity index (χ0v) is 11.9. The SMILES string of the molecule is CCCN1CCC(O)(c2cccc(F)c2C(F)(F)F)CC1. The minimum Gasteiger partial charge on any atom is -0.385 e. The molecule has 6 heteroatoms. The second-order valence-corrected chi connectivity index (χ2v) is 5.53. The van der Waals surface area contributed by atoms with Crippen molar-refractivity contribution in [2.45, 2.75) is 38.0 Å². The molecule has 1 aliphatic rings. The first-order valence-electron chi connectivity index (χ1n) is 7.09. The molecule has 2 nitrogen and oxygen atoms in total. The van der Waals surface area contributed by atoms with Crippen molar-refractivity contribution in [2.24, 2.45) is 0 Å². The van der Waals surface area contributed by atoms with E-state index >= 15 is 0 Å². The number of alkyl halides is 3. The van der Waals surface area contributed by atoms with Crippen molar-refractivity contribution < 1.29 is 22.7 Å². The molecule has 1 aliphatic heterocycles. The molecule has 118 valence electrons. The first-order chi connectivity index (χ1) is 9.78. The highest BCUT2D eigenvalue weighted by molar-refractivity contribution is 5.36. The van der Waals surface area contributed by atoms with E-state index in [-0.39, 0.29) is 18.4 Å². The van der Waals surface area contributed by atoms with E-state index in [0.717, 1.165) is 19.0 Å². The van der Waals surface area contributed by atoms with Crippen LogP contribution in [-0.4, -0.2) is 29.6 Å². The van der Waals surface area contributed by atoms with Crippen LogP contribution in [0.1, 0.15) is 37.3 Å². The second-order valence-electron chi connectivity index (χ2n) is 5.53. The lowest BCUT2D eigenvalue weighted by Gasteiger charge is -2.39. The predicted octanol–water partition coefficient (Wildman–Crippen LogP) is 3.54. The second kappa shape index (κ2) is 5.93. The Morgan fingerprint density at radius 3 is 2.38 bits per heavy atom. The fourth-order valence-electron chi connectivity index (χ4n) is 2.93. The quantitative estimate of drug-likeness (QED) is 0.864. The maximum Gasteiger partial charge on any atom is 0.419 e. The van der Waals surface area contributed by atoms with Crippen molar-refractivity contribution >= 4 is 0 Å². The molecule has 0 atom stereocenters. The molecule has 0 bridgehead atoms. The van der Waals surface area contributed by atoms with Gasteiger partial charge < -0.3 is 10.0 Å². The Kier molecular flexibility index (Phi) is 4.58. The van der Waals surface area contributed by atoms with Crippen molar-refractivity contribution in [2.75, 3.05) is 19.6 Å². The van der Waals surface area contributed by atoms with Crippen LogP contribution in [0.5, 0.6) is 0 Å². The van der Waals surface area contributed by atoms with E-state index in [1.165, 1.54) is 12.1 Å². The molecule has 0 radical (unpaired) electrons. The number of piperidine rings is 1. The molecule has 1 N–H and O–H groups in total. The minimum atomic E-state index is -4.81. The number of nitrogens with zero attached hydrogens (tertiary/aromatic N) is 1. The monoisotopic (exact) mass is 305 g/mol. The van der Waals surface area contributed by atoms with Gasteiger partial charge >= 0.3 is 6.18 Å². The minimum absolute atomic E-state index is 0.180. The number of likely N-dealkylation sites (tertiary alicyclic amines) is 1. The average Bonchev–Trinajstić information content (AvgIpc) is 2.40. The Morgan fingerprint density at radius 1 is 1.24 bits per heavy atom. The van der Waals surface area contributed by atoms with Crippen LogP contribution in [0.25, 0.3) is 0 Å². The van der Waals surface area contributed by atoms with E-state index in [9.17, 15) is 22.7 Å². The first-order valence-corrected chi connectivity index (χ1v) is 7.09. The van der Waals surface area contributed by atoms with Gasteiger partial charge in [0.25, 0.3) is 0 Å². The number of hydrogen-bond acceptors (Lipinski definition) is 2. The molecule has 1 saturated heterocycles. The molecule has 0 aliphatic carbocycles. The van der Waals surface area contributed by atoms with Crippen molar-refractivity contribution in [1.29, 1.82) is 0 Å². The summed E-state index contributed by atoms with van der Waals surface area (Å²) in [5.74, 6) is -1.33. The molecule has 0 saturated carbocycles. The van der Waals surface area contributed by atoms with Gasteiger partial charge in [-0.15, -0.1) is 0 Å². The molecule has 21 heavy (non-hydrogen) atoms. The fraction of sp³-hybridized carbons (Fsp3) is 0.600. The lowest BCUT2D eigenvalue weighted by molar-refractivity contribution is -0.144. The highest BCUT2D eigenvalue weighted by atomic mass is 19.4. The predicted molar refractivity (Wildman–Crippen MR) is 71.3 cm³/mol. The molecule has 0 unspecified atom stereocenters. The van der Waals surface area contributed by atoms with E-state index < -0.39 is 23.2 Å². The van der Waals surface area contributed by atoms with Gasteiger partial charge in [-0.1, -0.05) is 19.1 Å². The van der Waals surface area contributed by atoms with Crippen LogP contribution in [-0.2, 0) is 11.8 Å². The van der Waals surface area contributed by atoms with Gasteiger partial charge in [-0.25, -0.2) is 4.39 Å². The van der Waals surface area contributed by atoms with Crippen LogP contribution in [0.15, 0.2) is 18.2 Å². The molecular formula is C15H19F4NO. The van der Waals surface area contributed by atoms with Crippen molar-refractivity contribution in [3.8, 4) is 0 Å². The third-order valence-corrected chi connectivity index (χ3v) is 4.02. The Labute approximate surface area is 121 Å². The van der Waals surface area contributed by atoms with Gasteiger partial charge in [0.05, 0.1) is 11.2 Å². The molecule has 1 aromatic rings. The lowest BCUT2D eigenvalue weighted by Crippen LogP contribution is -2.43. The average molecular weight is 305 g/mol. The summed E-state index contributed by atoms with van der Waals surface area (Å²) in [5, 5.41) is 10.6. The Bertz CT molecular complexity index is 493. The summed E-state index contributed by atoms with van der Waals surface area (Å²) in [6.45, 7) is 3.90. The number of benzene rings is 1.